The first-order chi connectivity index (χ1) is 13.3. The van der Waals surface area contributed by atoms with E-state index in [1.807, 2.05) is 51.1 Å². The maximum absolute atomic E-state index is 11.6. The molecule has 1 rings (SSSR count). The van der Waals surface area contributed by atoms with E-state index in [9.17, 15) is 9.59 Å². The van der Waals surface area contributed by atoms with Crippen LogP contribution in [0.1, 0.15) is 32.8 Å². The van der Waals surface area contributed by atoms with Crippen LogP contribution in [0.25, 0.3) is 0 Å². The second-order valence-electron chi connectivity index (χ2n) is 6.95. The van der Waals surface area contributed by atoms with E-state index in [2.05, 4.69) is 21.3 Å². The fraction of sp³-hybridized carbons (Fsp3) is 0.526. The van der Waals surface area contributed by atoms with Crippen LogP contribution in [-0.2, 0) is 16.1 Å². The van der Waals surface area contributed by atoms with Gasteiger partial charge in [0.1, 0.15) is 12.2 Å². The molecule has 28 heavy (non-hydrogen) atoms. The smallest absolute Gasteiger partial charge is 0.407 e. The van der Waals surface area contributed by atoms with Gasteiger partial charge in [-0.25, -0.2) is 9.59 Å². The van der Waals surface area contributed by atoms with E-state index in [1.165, 1.54) is 0 Å². The molecule has 0 heterocycles. The van der Waals surface area contributed by atoms with E-state index in [4.69, 9.17) is 21.7 Å². The van der Waals surface area contributed by atoms with Gasteiger partial charge in [0, 0.05) is 26.2 Å². The summed E-state index contributed by atoms with van der Waals surface area (Å²) in [6, 6.07) is 9.50. The standard InChI is InChI=1S/C19H30N4O4S/c1-19(2,3)27-18(25)23-13-12-21-16(28)20-10-7-11-22-17(24)26-14-15-8-5-4-6-9-15/h4-6,8-9H,7,10-14H2,1-3H3,(H,22,24)(H,23,25)(H2,20,21,28). The molecule has 0 radical (unpaired) electrons. The lowest BCUT2D eigenvalue weighted by atomic mass is 10.2. The number of alkyl carbamates (subject to hydrolysis) is 2. The van der Waals surface area contributed by atoms with Gasteiger partial charge in [-0.05, 0) is 45.0 Å². The molecular weight excluding hydrogens is 380 g/mol. The van der Waals surface area contributed by atoms with Crippen molar-refractivity contribution >= 4 is 29.5 Å². The Morgan fingerprint density at radius 3 is 2.14 bits per heavy atom. The summed E-state index contributed by atoms with van der Waals surface area (Å²) in [5.41, 5.74) is 0.424. The molecule has 0 aliphatic carbocycles. The number of hydrogen-bond donors (Lipinski definition) is 4. The highest BCUT2D eigenvalue weighted by atomic mass is 32.1. The van der Waals surface area contributed by atoms with Crippen LogP contribution in [0.2, 0.25) is 0 Å². The third kappa shape index (κ3) is 12.7. The number of rotatable bonds is 9. The van der Waals surface area contributed by atoms with Crippen LogP contribution in [0.5, 0.6) is 0 Å². The molecule has 0 saturated heterocycles. The van der Waals surface area contributed by atoms with Crippen molar-refractivity contribution in [3.63, 3.8) is 0 Å². The topological polar surface area (TPSA) is 101 Å². The Bertz CT molecular complexity index is 620. The zero-order valence-corrected chi connectivity index (χ0v) is 17.5. The molecule has 1 aromatic carbocycles. The minimum atomic E-state index is -0.517. The summed E-state index contributed by atoms with van der Waals surface area (Å²) in [7, 11) is 0. The van der Waals surface area contributed by atoms with Gasteiger partial charge in [-0.1, -0.05) is 30.3 Å². The van der Waals surface area contributed by atoms with Crippen LogP contribution in [-0.4, -0.2) is 49.1 Å². The maximum atomic E-state index is 11.6. The van der Waals surface area contributed by atoms with Crippen LogP contribution in [0.3, 0.4) is 0 Å². The Morgan fingerprint density at radius 2 is 1.46 bits per heavy atom. The van der Waals surface area contributed by atoms with E-state index in [1.54, 1.807) is 0 Å². The highest BCUT2D eigenvalue weighted by Crippen LogP contribution is 2.06. The quantitative estimate of drug-likeness (QED) is 0.366. The number of hydrogen-bond acceptors (Lipinski definition) is 5. The Morgan fingerprint density at radius 1 is 0.893 bits per heavy atom. The van der Waals surface area contributed by atoms with Gasteiger partial charge >= 0.3 is 12.2 Å². The van der Waals surface area contributed by atoms with E-state index in [0.717, 1.165) is 5.56 Å². The summed E-state index contributed by atoms with van der Waals surface area (Å²) in [6.45, 7) is 7.62. The molecular formula is C19H30N4O4S. The summed E-state index contributed by atoms with van der Waals surface area (Å²) < 4.78 is 10.2. The molecule has 0 aromatic heterocycles. The van der Waals surface area contributed by atoms with Gasteiger partial charge in [0.05, 0.1) is 0 Å². The van der Waals surface area contributed by atoms with Crippen molar-refractivity contribution in [3.05, 3.63) is 35.9 Å². The summed E-state index contributed by atoms with van der Waals surface area (Å²) in [5, 5.41) is 11.8. The van der Waals surface area contributed by atoms with Crippen LogP contribution >= 0.6 is 12.2 Å². The van der Waals surface area contributed by atoms with Crippen LogP contribution in [0.4, 0.5) is 9.59 Å². The third-order valence-electron chi connectivity index (χ3n) is 3.20. The molecule has 8 nitrogen and oxygen atoms in total. The Balaban J connectivity index is 1.97. The molecule has 0 unspecified atom stereocenters. The molecule has 156 valence electrons. The first kappa shape index (κ1) is 23.5. The average Bonchev–Trinajstić information content (AvgIpc) is 2.62. The lowest BCUT2D eigenvalue weighted by Gasteiger charge is -2.19. The van der Waals surface area contributed by atoms with Crippen molar-refractivity contribution in [3.8, 4) is 0 Å². The summed E-state index contributed by atoms with van der Waals surface area (Å²) in [5.74, 6) is 0. The van der Waals surface area contributed by atoms with Gasteiger partial charge in [0.25, 0.3) is 0 Å². The van der Waals surface area contributed by atoms with Crippen LogP contribution < -0.4 is 21.3 Å². The second kappa shape index (κ2) is 12.8. The number of ether oxygens (including phenoxy) is 2. The van der Waals surface area contributed by atoms with E-state index in [-0.39, 0.29) is 6.61 Å². The molecule has 0 fully saturated rings. The molecule has 9 heteroatoms. The first-order valence-corrected chi connectivity index (χ1v) is 9.60. The van der Waals surface area contributed by atoms with Gasteiger partial charge in [-0.15, -0.1) is 0 Å². The summed E-state index contributed by atoms with van der Waals surface area (Å²) >= 11 is 5.14. The van der Waals surface area contributed by atoms with Crippen LogP contribution in [0, 0.1) is 0 Å². The SMILES string of the molecule is CC(C)(C)OC(=O)NCCNC(=S)NCCCNC(=O)OCc1ccccc1. The number of carbonyl (C=O) groups is 2. The highest BCUT2D eigenvalue weighted by Gasteiger charge is 2.15. The van der Waals surface area contributed by atoms with E-state index in [0.29, 0.717) is 37.7 Å². The number of benzene rings is 1. The van der Waals surface area contributed by atoms with Crippen molar-refractivity contribution in [2.75, 3.05) is 26.2 Å². The van der Waals surface area contributed by atoms with Crippen molar-refractivity contribution in [1.29, 1.82) is 0 Å². The predicted octanol–water partition coefficient (Wildman–Crippen LogP) is 2.29. The minimum absolute atomic E-state index is 0.246. The largest absolute Gasteiger partial charge is 0.445 e. The van der Waals surface area contributed by atoms with Crippen molar-refractivity contribution < 1.29 is 19.1 Å². The molecule has 0 aliphatic heterocycles. The number of thiocarbonyl (C=S) groups is 1. The Hall–Kier alpha value is -2.55. The van der Waals surface area contributed by atoms with Gasteiger partial charge < -0.3 is 30.7 Å². The van der Waals surface area contributed by atoms with Gasteiger partial charge in [-0.2, -0.15) is 0 Å². The Kier molecular flexibility index (Phi) is 10.7. The predicted molar refractivity (Wildman–Crippen MR) is 112 cm³/mol. The van der Waals surface area contributed by atoms with E-state index < -0.39 is 17.8 Å². The molecule has 0 bridgehead atoms. The van der Waals surface area contributed by atoms with E-state index >= 15 is 0 Å². The highest BCUT2D eigenvalue weighted by molar-refractivity contribution is 7.80. The van der Waals surface area contributed by atoms with Gasteiger partial charge in [0.2, 0.25) is 0 Å². The molecule has 0 atom stereocenters. The van der Waals surface area contributed by atoms with Gasteiger partial charge in [0.15, 0.2) is 5.11 Å². The van der Waals surface area contributed by atoms with Crippen molar-refractivity contribution in [1.82, 2.24) is 21.3 Å². The zero-order chi connectivity index (χ0) is 20.8. The fourth-order valence-electron chi connectivity index (χ4n) is 1.97. The fourth-order valence-corrected chi connectivity index (χ4v) is 2.18. The number of amides is 2. The lowest BCUT2D eigenvalue weighted by molar-refractivity contribution is 0.0529. The number of carbonyl (C=O) groups excluding carboxylic acids is 2. The van der Waals surface area contributed by atoms with Crippen LogP contribution in [0.15, 0.2) is 30.3 Å². The average molecular weight is 411 g/mol. The molecule has 0 aliphatic rings. The van der Waals surface area contributed by atoms with Crippen molar-refractivity contribution in [2.45, 2.75) is 39.4 Å². The molecule has 1 aromatic rings. The molecule has 0 spiro atoms. The molecule has 2 amide bonds. The summed E-state index contributed by atoms with van der Waals surface area (Å²) in [6.07, 6.45) is -0.213. The first-order valence-electron chi connectivity index (χ1n) is 9.19. The zero-order valence-electron chi connectivity index (χ0n) is 16.7. The van der Waals surface area contributed by atoms with Gasteiger partial charge in [-0.3, -0.25) is 0 Å². The van der Waals surface area contributed by atoms with Crippen molar-refractivity contribution in [2.24, 2.45) is 0 Å². The normalized spacial score (nSPS) is 10.5. The summed E-state index contributed by atoms with van der Waals surface area (Å²) in [4.78, 5) is 23.1. The number of nitrogens with one attached hydrogen (secondary N) is 4. The molecule has 4 N–H and O–H groups in total. The minimum Gasteiger partial charge on any atom is -0.445 e. The lowest BCUT2D eigenvalue weighted by Crippen LogP contribution is -2.42. The maximum Gasteiger partial charge on any atom is 0.407 e. The third-order valence-corrected chi connectivity index (χ3v) is 3.49. The monoisotopic (exact) mass is 410 g/mol. The second-order valence-corrected chi connectivity index (χ2v) is 7.36. The molecule has 0 saturated carbocycles. The Labute approximate surface area is 171 Å².